The molecule has 0 aromatic heterocycles. The van der Waals surface area contributed by atoms with E-state index >= 15 is 0 Å². The maximum Gasteiger partial charge on any atom is 0.321 e. The highest BCUT2D eigenvalue weighted by Crippen LogP contribution is 2.23. The van der Waals surface area contributed by atoms with Crippen LogP contribution in [-0.2, 0) is 9.59 Å². The van der Waals surface area contributed by atoms with Crippen LogP contribution in [0.4, 0.5) is 5.69 Å². The number of halogens is 1. The van der Waals surface area contributed by atoms with Crippen molar-refractivity contribution in [1.82, 2.24) is 9.80 Å². The van der Waals surface area contributed by atoms with E-state index in [0.29, 0.717) is 23.8 Å². The third kappa shape index (κ3) is 4.67. The second-order valence-corrected chi connectivity index (χ2v) is 6.27. The number of hydrogen-bond acceptors (Lipinski definition) is 4. The number of piperazine rings is 1. The van der Waals surface area contributed by atoms with E-state index in [9.17, 15) is 14.7 Å². The van der Waals surface area contributed by atoms with Crippen LogP contribution in [0.1, 0.15) is 12.0 Å². The molecule has 0 aliphatic carbocycles. The Bertz CT molecular complexity index is 586. The molecule has 1 aliphatic rings. The van der Waals surface area contributed by atoms with E-state index in [1.54, 1.807) is 18.2 Å². The summed E-state index contributed by atoms with van der Waals surface area (Å²) in [4.78, 5) is 27.8. The van der Waals surface area contributed by atoms with Crippen LogP contribution >= 0.6 is 11.6 Å². The zero-order chi connectivity index (χ0) is 17.0. The summed E-state index contributed by atoms with van der Waals surface area (Å²) < 4.78 is 0. The van der Waals surface area contributed by atoms with Gasteiger partial charge < -0.3 is 15.3 Å². The summed E-state index contributed by atoms with van der Waals surface area (Å²) in [6, 6.07) is 4.45. The van der Waals surface area contributed by atoms with Crippen molar-refractivity contribution in [2.75, 3.05) is 38.5 Å². The molecule has 1 atom stereocenters. The molecule has 0 saturated carbocycles. The molecule has 0 radical (unpaired) electrons. The van der Waals surface area contributed by atoms with E-state index in [0.717, 1.165) is 18.7 Å². The highest BCUT2D eigenvalue weighted by molar-refractivity contribution is 6.31. The van der Waals surface area contributed by atoms with Crippen molar-refractivity contribution in [3.63, 3.8) is 0 Å². The molecule has 1 saturated heterocycles. The second kappa shape index (κ2) is 7.77. The molecule has 2 N–H and O–H groups in total. The fourth-order valence-electron chi connectivity index (χ4n) is 2.63. The van der Waals surface area contributed by atoms with Gasteiger partial charge in [0.2, 0.25) is 5.91 Å². The van der Waals surface area contributed by atoms with Crippen molar-refractivity contribution >= 4 is 29.2 Å². The normalized spacial score (nSPS) is 17.7. The molecule has 1 fully saturated rings. The van der Waals surface area contributed by atoms with E-state index in [-0.39, 0.29) is 12.3 Å². The van der Waals surface area contributed by atoms with E-state index < -0.39 is 12.0 Å². The van der Waals surface area contributed by atoms with Gasteiger partial charge in [-0.25, -0.2) is 0 Å². The van der Waals surface area contributed by atoms with Crippen molar-refractivity contribution in [2.45, 2.75) is 19.4 Å². The Morgan fingerprint density at radius 1 is 1.30 bits per heavy atom. The summed E-state index contributed by atoms with van der Waals surface area (Å²) in [5.74, 6) is -1.28. The minimum Gasteiger partial charge on any atom is -0.480 e. The number of nitrogens with one attached hydrogen (secondary N) is 1. The number of amides is 1. The Morgan fingerprint density at radius 3 is 2.57 bits per heavy atom. The molecule has 1 amide bonds. The Labute approximate surface area is 141 Å². The van der Waals surface area contributed by atoms with Gasteiger partial charge in [-0.15, -0.1) is 0 Å². The van der Waals surface area contributed by atoms with Gasteiger partial charge in [0, 0.05) is 36.9 Å². The molecule has 1 aromatic rings. The summed E-state index contributed by atoms with van der Waals surface area (Å²) in [6.07, 6.45) is -0.0784. The summed E-state index contributed by atoms with van der Waals surface area (Å²) in [7, 11) is 2.00. The summed E-state index contributed by atoms with van der Waals surface area (Å²) in [5.41, 5.74) is 1.39. The monoisotopic (exact) mass is 339 g/mol. The maximum absolute atomic E-state index is 12.2. The molecule has 7 heteroatoms. The van der Waals surface area contributed by atoms with E-state index in [4.69, 9.17) is 11.6 Å². The number of carbonyl (C=O) groups is 2. The minimum atomic E-state index is -0.965. The third-order valence-electron chi connectivity index (χ3n) is 4.18. The molecule has 1 aromatic carbocycles. The van der Waals surface area contributed by atoms with Crippen LogP contribution in [0.3, 0.4) is 0 Å². The minimum absolute atomic E-state index is 0.0784. The number of carboxylic acids is 1. The Morgan fingerprint density at radius 2 is 1.96 bits per heavy atom. The lowest BCUT2D eigenvalue weighted by Crippen LogP contribution is -2.52. The Hall–Kier alpha value is -1.63. The standard InChI is InChI=1S/C16H22ClN3O3/c1-11-12(17)4-3-5-13(11)18-15(21)10-14(16(22)23)20-8-6-19(2)7-9-20/h3-5,14H,6-10H2,1-2H3,(H,18,21)(H,22,23)/t14-/m0/s1. The van der Waals surface area contributed by atoms with E-state index in [2.05, 4.69) is 10.2 Å². The number of likely N-dealkylation sites (N-methyl/N-ethyl adjacent to an activating group) is 1. The molecular formula is C16H22ClN3O3. The second-order valence-electron chi connectivity index (χ2n) is 5.86. The maximum atomic E-state index is 12.2. The van der Waals surface area contributed by atoms with Gasteiger partial charge >= 0.3 is 5.97 Å². The van der Waals surface area contributed by atoms with Crippen molar-refractivity contribution in [1.29, 1.82) is 0 Å². The van der Waals surface area contributed by atoms with Crippen molar-refractivity contribution in [3.05, 3.63) is 28.8 Å². The first-order valence-corrected chi connectivity index (χ1v) is 7.96. The number of carbonyl (C=O) groups excluding carboxylic acids is 1. The van der Waals surface area contributed by atoms with Crippen LogP contribution in [0.25, 0.3) is 0 Å². The lowest BCUT2D eigenvalue weighted by Gasteiger charge is -2.35. The van der Waals surface area contributed by atoms with Crippen LogP contribution in [-0.4, -0.2) is 66.1 Å². The van der Waals surface area contributed by atoms with Crippen LogP contribution in [0, 0.1) is 6.92 Å². The fraction of sp³-hybridized carbons (Fsp3) is 0.500. The first kappa shape index (κ1) is 17.7. The number of nitrogens with zero attached hydrogens (tertiary/aromatic N) is 2. The van der Waals surface area contributed by atoms with Crippen molar-refractivity contribution in [2.24, 2.45) is 0 Å². The van der Waals surface area contributed by atoms with E-state index in [1.165, 1.54) is 0 Å². The lowest BCUT2D eigenvalue weighted by molar-refractivity contribution is -0.145. The summed E-state index contributed by atoms with van der Waals surface area (Å²) in [6.45, 7) is 4.72. The number of benzene rings is 1. The van der Waals surface area contributed by atoms with Gasteiger partial charge in [0.25, 0.3) is 0 Å². The van der Waals surface area contributed by atoms with Gasteiger partial charge in [-0.1, -0.05) is 17.7 Å². The van der Waals surface area contributed by atoms with Crippen LogP contribution < -0.4 is 5.32 Å². The fourth-order valence-corrected chi connectivity index (χ4v) is 2.80. The number of carboxylic acid groups (broad SMARTS) is 1. The highest BCUT2D eigenvalue weighted by atomic mass is 35.5. The lowest BCUT2D eigenvalue weighted by atomic mass is 10.1. The smallest absolute Gasteiger partial charge is 0.321 e. The SMILES string of the molecule is Cc1c(Cl)cccc1NC(=O)C[C@@H](C(=O)O)N1CCN(C)CC1. The van der Waals surface area contributed by atoms with Gasteiger partial charge in [-0.05, 0) is 31.7 Å². The molecule has 1 aliphatic heterocycles. The number of aliphatic carboxylic acids is 1. The van der Waals surface area contributed by atoms with Crippen LogP contribution in [0.15, 0.2) is 18.2 Å². The number of anilines is 1. The van der Waals surface area contributed by atoms with Crippen molar-refractivity contribution < 1.29 is 14.7 Å². The average molecular weight is 340 g/mol. The number of rotatable bonds is 5. The Balaban J connectivity index is 2.01. The molecular weight excluding hydrogens is 318 g/mol. The predicted molar refractivity (Wildman–Crippen MR) is 89.9 cm³/mol. The zero-order valence-electron chi connectivity index (χ0n) is 13.4. The average Bonchev–Trinajstić information content (AvgIpc) is 2.50. The Kier molecular flexibility index (Phi) is 5.98. The molecule has 2 rings (SSSR count). The molecule has 0 unspecified atom stereocenters. The molecule has 0 bridgehead atoms. The molecule has 1 heterocycles. The highest BCUT2D eigenvalue weighted by Gasteiger charge is 2.30. The first-order chi connectivity index (χ1) is 10.9. The van der Waals surface area contributed by atoms with Gasteiger partial charge in [-0.3, -0.25) is 14.5 Å². The molecule has 6 nitrogen and oxygen atoms in total. The van der Waals surface area contributed by atoms with Gasteiger partial charge in [-0.2, -0.15) is 0 Å². The predicted octanol–water partition coefficient (Wildman–Crippen LogP) is 1.68. The zero-order valence-corrected chi connectivity index (χ0v) is 14.1. The first-order valence-electron chi connectivity index (χ1n) is 7.59. The topological polar surface area (TPSA) is 72.9 Å². The van der Waals surface area contributed by atoms with Crippen LogP contribution in [0.5, 0.6) is 0 Å². The van der Waals surface area contributed by atoms with Gasteiger partial charge in [0.15, 0.2) is 0 Å². The summed E-state index contributed by atoms with van der Waals surface area (Å²) in [5, 5.41) is 12.8. The van der Waals surface area contributed by atoms with E-state index in [1.807, 2.05) is 18.9 Å². The molecule has 23 heavy (non-hydrogen) atoms. The van der Waals surface area contributed by atoms with Crippen molar-refractivity contribution in [3.8, 4) is 0 Å². The van der Waals surface area contributed by atoms with Gasteiger partial charge in [0.05, 0.1) is 6.42 Å². The molecule has 0 spiro atoms. The number of hydrogen-bond donors (Lipinski definition) is 2. The summed E-state index contributed by atoms with van der Waals surface area (Å²) >= 11 is 6.03. The van der Waals surface area contributed by atoms with Crippen LogP contribution in [0.2, 0.25) is 5.02 Å². The van der Waals surface area contributed by atoms with Gasteiger partial charge in [0.1, 0.15) is 6.04 Å². The third-order valence-corrected chi connectivity index (χ3v) is 4.59. The largest absolute Gasteiger partial charge is 0.480 e. The quantitative estimate of drug-likeness (QED) is 0.854. The molecule has 126 valence electrons.